The van der Waals surface area contributed by atoms with E-state index in [1.54, 1.807) is 11.8 Å². The SMILES string of the molecule is CSc1c(C#N)c2c(ccn2C)c2c3ccccc3n(C)c12. The molecule has 2 heterocycles. The van der Waals surface area contributed by atoms with Gasteiger partial charge in [-0.15, -0.1) is 11.8 Å². The van der Waals surface area contributed by atoms with Crippen molar-refractivity contribution in [3.63, 3.8) is 0 Å². The van der Waals surface area contributed by atoms with E-state index >= 15 is 0 Å². The summed E-state index contributed by atoms with van der Waals surface area (Å²) in [5, 5.41) is 13.4. The van der Waals surface area contributed by atoms with Crippen molar-refractivity contribution >= 4 is 44.5 Å². The third-order valence-corrected chi connectivity index (χ3v) is 5.25. The molecule has 2 aromatic heterocycles. The second kappa shape index (κ2) is 4.56. The zero-order chi connectivity index (χ0) is 15.4. The highest BCUT2D eigenvalue weighted by molar-refractivity contribution is 7.98. The summed E-state index contributed by atoms with van der Waals surface area (Å²) in [7, 11) is 4.09. The molecule has 0 saturated carbocycles. The van der Waals surface area contributed by atoms with Crippen molar-refractivity contribution < 1.29 is 0 Å². The minimum atomic E-state index is 0.772. The van der Waals surface area contributed by atoms with Crippen LogP contribution < -0.4 is 0 Å². The molecular formula is C18H15N3S. The molecule has 0 amide bonds. The third kappa shape index (κ3) is 1.47. The average Bonchev–Trinajstić information content (AvgIpc) is 3.06. The highest BCUT2D eigenvalue weighted by atomic mass is 32.2. The molecule has 0 aliphatic rings. The number of hydrogen-bond donors (Lipinski definition) is 0. The molecule has 0 unspecified atom stereocenters. The minimum absolute atomic E-state index is 0.772. The molecule has 22 heavy (non-hydrogen) atoms. The molecule has 4 aromatic rings. The molecule has 0 atom stereocenters. The normalized spacial score (nSPS) is 11.5. The van der Waals surface area contributed by atoms with Crippen molar-refractivity contribution in [1.82, 2.24) is 9.13 Å². The molecule has 4 rings (SSSR count). The number of fused-ring (bicyclic) bond motifs is 5. The summed E-state index contributed by atoms with van der Waals surface area (Å²) in [6, 6.07) is 13.0. The van der Waals surface area contributed by atoms with Crippen LogP contribution in [0, 0.1) is 11.3 Å². The van der Waals surface area contributed by atoms with Crippen LogP contribution in [0.2, 0.25) is 0 Å². The van der Waals surface area contributed by atoms with E-state index in [-0.39, 0.29) is 0 Å². The van der Waals surface area contributed by atoms with Crippen LogP contribution in [0.25, 0.3) is 32.7 Å². The van der Waals surface area contributed by atoms with Crippen LogP contribution in [0.4, 0.5) is 0 Å². The van der Waals surface area contributed by atoms with Crippen LogP contribution in [-0.4, -0.2) is 15.4 Å². The van der Waals surface area contributed by atoms with Crippen molar-refractivity contribution in [2.24, 2.45) is 14.1 Å². The summed E-state index contributed by atoms with van der Waals surface area (Å²) in [4.78, 5) is 1.06. The number of rotatable bonds is 1. The average molecular weight is 305 g/mol. The molecule has 108 valence electrons. The maximum atomic E-state index is 9.73. The molecule has 0 saturated heterocycles. The van der Waals surface area contributed by atoms with E-state index in [0.717, 1.165) is 26.9 Å². The standard InChI is InChI=1S/C18H15N3S/c1-20-9-8-12-15-11-6-4-5-7-14(11)21(2)17(15)18(22-3)13(10-19)16(12)20/h4-9H,1-3H3. The first-order valence-electron chi connectivity index (χ1n) is 7.11. The number of nitriles is 1. The molecule has 3 nitrogen and oxygen atoms in total. The van der Waals surface area contributed by atoms with Gasteiger partial charge < -0.3 is 9.13 Å². The Bertz CT molecular complexity index is 1090. The topological polar surface area (TPSA) is 33.6 Å². The van der Waals surface area contributed by atoms with Gasteiger partial charge in [-0.2, -0.15) is 5.26 Å². The van der Waals surface area contributed by atoms with Gasteiger partial charge in [0.1, 0.15) is 6.07 Å². The molecule has 2 aromatic carbocycles. The molecule has 0 fully saturated rings. The summed E-state index contributed by atoms with van der Waals surface area (Å²) >= 11 is 1.65. The molecule has 0 N–H and O–H groups in total. The highest BCUT2D eigenvalue weighted by Crippen LogP contribution is 2.42. The lowest BCUT2D eigenvalue weighted by Gasteiger charge is -2.09. The Morgan fingerprint density at radius 2 is 1.82 bits per heavy atom. The van der Waals surface area contributed by atoms with Crippen LogP contribution >= 0.6 is 11.8 Å². The van der Waals surface area contributed by atoms with Gasteiger partial charge in [0.25, 0.3) is 0 Å². The fourth-order valence-corrected chi connectivity index (χ4v) is 4.28. The van der Waals surface area contributed by atoms with E-state index in [9.17, 15) is 5.26 Å². The van der Waals surface area contributed by atoms with Gasteiger partial charge >= 0.3 is 0 Å². The Hall–Kier alpha value is -2.38. The highest BCUT2D eigenvalue weighted by Gasteiger charge is 2.21. The van der Waals surface area contributed by atoms with Crippen LogP contribution in [-0.2, 0) is 14.1 Å². The Balaban J connectivity index is 2.46. The van der Waals surface area contributed by atoms with Crippen LogP contribution in [0.3, 0.4) is 0 Å². The van der Waals surface area contributed by atoms with E-state index in [0.29, 0.717) is 0 Å². The predicted octanol–water partition coefficient (Wildman–Crippen LogP) is 4.42. The Labute approximate surface area is 132 Å². The minimum Gasteiger partial charge on any atom is -0.349 e. The molecule has 0 bridgehead atoms. The van der Waals surface area contributed by atoms with Gasteiger partial charge in [-0.1, -0.05) is 18.2 Å². The van der Waals surface area contributed by atoms with Gasteiger partial charge in [0.05, 0.1) is 21.5 Å². The number of aryl methyl sites for hydroxylation is 2. The molecule has 0 aliphatic carbocycles. The van der Waals surface area contributed by atoms with E-state index in [1.807, 2.05) is 19.5 Å². The van der Waals surface area contributed by atoms with E-state index in [2.05, 4.69) is 52.6 Å². The first-order chi connectivity index (χ1) is 10.7. The van der Waals surface area contributed by atoms with Crippen LogP contribution in [0.1, 0.15) is 5.56 Å². The monoisotopic (exact) mass is 305 g/mol. The van der Waals surface area contributed by atoms with E-state index in [1.165, 1.54) is 16.3 Å². The van der Waals surface area contributed by atoms with Crippen molar-refractivity contribution in [3.8, 4) is 6.07 Å². The maximum absolute atomic E-state index is 9.73. The first kappa shape index (κ1) is 13.3. The number of aromatic nitrogens is 2. The largest absolute Gasteiger partial charge is 0.349 e. The maximum Gasteiger partial charge on any atom is 0.103 e. The zero-order valence-electron chi connectivity index (χ0n) is 12.7. The molecular weight excluding hydrogens is 290 g/mol. The lowest BCUT2D eigenvalue weighted by molar-refractivity contribution is 0.962. The van der Waals surface area contributed by atoms with E-state index < -0.39 is 0 Å². The van der Waals surface area contributed by atoms with Crippen molar-refractivity contribution in [3.05, 3.63) is 42.1 Å². The second-order valence-corrected chi connectivity index (χ2v) is 6.33. The molecule has 0 aliphatic heterocycles. The quantitative estimate of drug-likeness (QED) is 0.488. The van der Waals surface area contributed by atoms with E-state index in [4.69, 9.17) is 0 Å². The Morgan fingerprint density at radius 1 is 1.05 bits per heavy atom. The number of hydrogen-bond acceptors (Lipinski definition) is 2. The summed E-state index contributed by atoms with van der Waals surface area (Å²) in [6.45, 7) is 0. The number of benzene rings is 2. The number of para-hydroxylation sites is 1. The fourth-order valence-electron chi connectivity index (χ4n) is 3.50. The number of nitrogens with zero attached hydrogens (tertiary/aromatic N) is 3. The van der Waals surface area contributed by atoms with Crippen LogP contribution in [0.15, 0.2) is 41.4 Å². The molecule has 0 spiro atoms. The van der Waals surface area contributed by atoms with Crippen LogP contribution in [0.5, 0.6) is 0 Å². The summed E-state index contributed by atoms with van der Waals surface area (Å²) in [6.07, 6.45) is 4.08. The first-order valence-corrected chi connectivity index (χ1v) is 8.33. The second-order valence-electron chi connectivity index (χ2n) is 5.51. The van der Waals surface area contributed by atoms with Gasteiger partial charge in [-0.25, -0.2) is 0 Å². The summed E-state index contributed by atoms with van der Waals surface area (Å²) in [5.41, 5.74) is 4.15. The lowest BCUT2D eigenvalue weighted by Crippen LogP contribution is -1.95. The van der Waals surface area contributed by atoms with Gasteiger partial charge in [0.2, 0.25) is 0 Å². The van der Waals surface area contributed by atoms with Gasteiger partial charge in [0.15, 0.2) is 0 Å². The predicted molar refractivity (Wildman–Crippen MR) is 93.4 cm³/mol. The van der Waals surface area contributed by atoms with Crippen molar-refractivity contribution in [2.45, 2.75) is 4.90 Å². The van der Waals surface area contributed by atoms with Crippen molar-refractivity contribution in [1.29, 1.82) is 5.26 Å². The Kier molecular flexibility index (Phi) is 2.75. The summed E-state index contributed by atoms with van der Waals surface area (Å²) < 4.78 is 4.26. The fraction of sp³-hybridized carbons (Fsp3) is 0.167. The van der Waals surface area contributed by atoms with Gasteiger partial charge in [-0.05, 0) is 18.4 Å². The smallest absolute Gasteiger partial charge is 0.103 e. The third-order valence-electron chi connectivity index (χ3n) is 4.44. The van der Waals surface area contributed by atoms with Gasteiger partial charge in [0, 0.05) is 42.0 Å². The number of thioether (sulfide) groups is 1. The van der Waals surface area contributed by atoms with Gasteiger partial charge in [-0.3, -0.25) is 0 Å². The molecule has 4 heteroatoms. The molecule has 0 radical (unpaired) electrons. The lowest BCUT2D eigenvalue weighted by atomic mass is 10.0. The van der Waals surface area contributed by atoms with Crippen molar-refractivity contribution in [2.75, 3.05) is 6.26 Å². The summed E-state index contributed by atoms with van der Waals surface area (Å²) in [5.74, 6) is 0. The Morgan fingerprint density at radius 3 is 2.55 bits per heavy atom. The zero-order valence-corrected chi connectivity index (χ0v) is 13.5.